The van der Waals surface area contributed by atoms with Crippen LogP contribution in [0.1, 0.15) is 46.5 Å². The molecule has 0 saturated heterocycles. The number of hydrogen-bond acceptors (Lipinski definition) is 2. The number of nitrogens with two attached hydrogens (primary N) is 1. The topological polar surface area (TPSA) is 55.1 Å². The Morgan fingerprint density at radius 3 is 2.27 bits per heavy atom. The number of carbonyl (C=O) groups is 1. The molecule has 1 aliphatic rings. The summed E-state index contributed by atoms with van der Waals surface area (Å²) in [7, 11) is 0. The van der Waals surface area contributed by atoms with E-state index in [0.29, 0.717) is 12.5 Å². The minimum Gasteiger partial charge on any atom is -0.353 e. The van der Waals surface area contributed by atoms with Crippen molar-refractivity contribution in [1.29, 1.82) is 0 Å². The van der Waals surface area contributed by atoms with Crippen LogP contribution in [0.3, 0.4) is 0 Å². The van der Waals surface area contributed by atoms with Gasteiger partial charge in [-0.1, -0.05) is 26.7 Å². The Bertz CT molecular complexity index is 220. The van der Waals surface area contributed by atoms with Crippen LogP contribution in [0.15, 0.2) is 0 Å². The first-order chi connectivity index (χ1) is 7.09. The summed E-state index contributed by atoms with van der Waals surface area (Å²) in [6.07, 6.45) is 4.16. The first-order valence-electron chi connectivity index (χ1n) is 6.10. The Kier molecular flexibility index (Phi) is 4.14. The van der Waals surface area contributed by atoms with Gasteiger partial charge in [-0.2, -0.15) is 0 Å². The summed E-state index contributed by atoms with van der Waals surface area (Å²) in [6.45, 7) is 6.94. The van der Waals surface area contributed by atoms with E-state index in [1.54, 1.807) is 0 Å². The van der Waals surface area contributed by atoms with Gasteiger partial charge in [0.2, 0.25) is 5.91 Å². The highest BCUT2D eigenvalue weighted by Gasteiger charge is 2.48. The molecular formula is C12H24N2O. The van der Waals surface area contributed by atoms with Crippen LogP contribution in [0.2, 0.25) is 0 Å². The highest BCUT2D eigenvalue weighted by atomic mass is 16.2. The Balaban J connectivity index is 2.44. The molecule has 1 amide bonds. The third-order valence-electron chi connectivity index (χ3n) is 3.84. The number of hydrogen-bond donors (Lipinski definition) is 2. The van der Waals surface area contributed by atoms with E-state index in [9.17, 15) is 4.79 Å². The quantitative estimate of drug-likeness (QED) is 0.703. The van der Waals surface area contributed by atoms with Crippen molar-refractivity contribution in [2.24, 2.45) is 17.1 Å². The standard InChI is InChI=1S/C12H24N2O/c1-4-10(5-2)9(3)14-11(15)12(8-13)6-7-12/h9-10H,4-8,13H2,1-3H3,(H,14,15). The Morgan fingerprint density at radius 2 is 1.93 bits per heavy atom. The van der Waals surface area contributed by atoms with E-state index in [2.05, 4.69) is 26.1 Å². The minimum absolute atomic E-state index is 0.171. The molecule has 1 fully saturated rings. The first-order valence-corrected chi connectivity index (χ1v) is 6.10. The van der Waals surface area contributed by atoms with Crippen LogP contribution < -0.4 is 11.1 Å². The van der Waals surface area contributed by atoms with E-state index < -0.39 is 0 Å². The van der Waals surface area contributed by atoms with Crippen LogP contribution in [0, 0.1) is 11.3 Å². The Morgan fingerprint density at radius 1 is 1.40 bits per heavy atom. The molecule has 1 aliphatic carbocycles. The van der Waals surface area contributed by atoms with E-state index in [1.807, 2.05) is 0 Å². The molecule has 3 heteroatoms. The minimum atomic E-state index is -0.208. The second-order valence-corrected chi connectivity index (χ2v) is 4.82. The van der Waals surface area contributed by atoms with Crippen molar-refractivity contribution >= 4 is 5.91 Å². The van der Waals surface area contributed by atoms with Gasteiger partial charge in [0, 0.05) is 12.6 Å². The van der Waals surface area contributed by atoms with Gasteiger partial charge in [0.1, 0.15) is 0 Å². The average Bonchev–Trinajstić information content (AvgIpc) is 3.00. The molecule has 0 aromatic rings. The summed E-state index contributed by atoms with van der Waals surface area (Å²) in [5.41, 5.74) is 5.42. The molecule has 1 saturated carbocycles. The Labute approximate surface area is 92.8 Å². The van der Waals surface area contributed by atoms with Crippen molar-refractivity contribution in [3.8, 4) is 0 Å². The van der Waals surface area contributed by atoms with Crippen LogP contribution in [0.5, 0.6) is 0 Å². The fraction of sp³-hybridized carbons (Fsp3) is 0.917. The molecule has 0 aliphatic heterocycles. The van der Waals surface area contributed by atoms with Crippen LogP contribution in [0.4, 0.5) is 0 Å². The first kappa shape index (κ1) is 12.5. The monoisotopic (exact) mass is 212 g/mol. The summed E-state index contributed by atoms with van der Waals surface area (Å²) in [5.74, 6) is 0.756. The molecular weight excluding hydrogens is 188 g/mol. The maximum Gasteiger partial charge on any atom is 0.227 e. The molecule has 15 heavy (non-hydrogen) atoms. The molecule has 0 bridgehead atoms. The normalized spacial score (nSPS) is 20.1. The third-order valence-corrected chi connectivity index (χ3v) is 3.84. The van der Waals surface area contributed by atoms with Gasteiger partial charge in [0.25, 0.3) is 0 Å². The predicted octanol–water partition coefficient (Wildman–Crippen LogP) is 1.67. The van der Waals surface area contributed by atoms with E-state index in [1.165, 1.54) is 0 Å². The lowest BCUT2D eigenvalue weighted by Gasteiger charge is -2.24. The van der Waals surface area contributed by atoms with E-state index in [4.69, 9.17) is 5.73 Å². The molecule has 3 nitrogen and oxygen atoms in total. The smallest absolute Gasteiger partial charge is 0.227 e. The molecule has 1 unspecified atom stereocenters. The lowest BCUT2D eigenvalue weighted by molar-refractivity contribution is -0.127. The Hall–Kier alpha value is -0.570. The van der Waals surface area contributed by atoms with Gasteiger partial charge in [0.15, 0.2) is 0 Å². The molecule has 0 aromatic heterocycles. The fourth-order valence-electron chi connectivity index (χ4n) is 2.15. The molecule has 0 aromatic carbocycles. The van der Waals surface area contributed by atoms with Gasteiger partial charge < -0.3 is 11.1 Å². The van der Waals surface area contributed by atoms with Crippen molar-refractivity contribution in [1.82, 2.24) is 5.32 Å². The third kappa shape index (κ3) is 2.71. The summed E-state index contributed by atoms with van der Waals surface area (Å²) in [4.78, 5) is 11.9. The molecule has 3 N–H and O–H groups in total. The molecule has 1 atom stereocenters. The van der Waals surface area contributed by atoms with E-state index in [-0.39, 0.29) is 17.4 Å². The van der Waals surface area contributed by atoms with Crippen LogP contribution in [-0.4, -0.2) is 18.5 Å². The number of nitrogens with one attached hydrogen (secondary N) is 1. The van der Waals surface area contributed by atoms with Crippen molar-refractivity contribution in [2.75, 3.05) is 6.54 Å². The number of carbonyl (C=O) groups excluding carboxylic acids is 1. The molecule has 1 rings (SSSR count). The second kappa shape index (κ2) is 4.97. The SMILES string of the molecule is CCC(CC)C(C)NC(=O)C1(CN)CC1. The largest absolute Gasteiger partial charge is 0.353 e. The van der Waals surface area contributed by atoms with Crippen LogP contribution in [-0.2, 0) is 4.79 Å². The lowest BCUT2D eigenvalue weighted by Crippen LogP contribution is -2.44. The van der Waals surface area contributed by atoms with Crippen molar-refractivity contribution in [3.63, 3.8) is 0 Å². The predicted molar refractivity (Wildman–Crippen MR) is 62.4 cm³/mol. The second-order valence-electron chi connectivity index (χ2n) is 4.82. The zero-order valence-electron chi connectivity index (χ0n) is 10.2. The fourth-order valence-corrected chi connectivity index (χ4v) is 2.15. The highest BCUT2D eigenvalue weighted by molar-refractivity contribution is 5.85. The van der Waals surface area contributed by atoms with Crippen LogP contribution in [0.25, 0.3) is 0 Å². The molecule has 0 spiro atoms. The van der Waals surface area contributed by atoms with Crippen molar-refractivity contribution in [2.45, 2.75) is 52.5 Å². The summed E-state index contributed by atoms with van der Waals surface area (Å²) >= 11 is 0. The zero-order chi connectivity index (χ0) is 11.5. The number of rotatable bonds is 6. The highest BCUT2D eigenvalue weighted by Crippen LogP contribution is 2.44. The maximum absolute atomic E-state index is 11.9. The van der Waals surface area contributed by atoms with Gasteiger partial charge in [-0.05, 0) is 25.7 Å². The summed E-state index contributed by atoms with van der Waals surface area (Å²) < 4.78 is 0. The van der Waals surface area contributed by atoms with Gasteiger partial charge >= 0.3 is 0 Å². The molecule has 0 radical (unpaired) electrons. The summed E-state index contributed by atoms with van der Waals surface area (Å²) in [6, 6.07) is 0.275. The van der Waals surface area contributed by atoms with Crippen molar-refractivity contribution < 1.29 is 4.79 Å². The summed E-state index contributed by atoms with van der Waals surface area (Å²) in [5, 5.41) is 3.12. The van der Waals surface area contributed by atoms with Crippen LogP contribution >= 0.6 is 0 Å². The van der Waals surface area contributed by atoms with Crippen molar-refractivity contribution in [3.05, 3.63) is 0 Å². The average molecular weight is 212 g/mol. The number of amides is 1. The van der Waals surface area contributed by atoms with Gasteiger partial charge in [-0.25, -0.2) is 0 Å². The van der Waals surface area contributed by atoms with Gasteiger partial charge in [0.05, 0.1) is 5.41 Å². The van der Waals surface area contributed by atoms with Gasteiger partial charge in [-0.3, -0.25) is 4.79 Å². The zero-order valence-corrected chi connectivity index (χ0v) is 10.2. The van der Waals surface area contributed by atoms with Gasteiger partial charge in [-0.15, -0.1) is 0 Å². The molecule has 0 heterocycles. The van der Waals surface area contributed by atoms with E-state index >= 15 is 0 Å². The van der Waals surface area contributed by atoms with E-state index in [0.717, 1.165) is 25.7 Å². The molecule has 88 valence electrons. The lowest BCUT2D eigenvalue weighted by atomic mass is 9.94. The maximum atomic E-state index is 11.9.